The zero-order valence-electron chi connectivity index (χ0n) is 10.7. The Balaban J connectivity index is 1.98. The summed E-state index contributed by atoms with van der Waals surface area (Å²) >= 11 is 6.03. The Morgan fingerprint density at radius 2 is 2.06 bits per heavy atom. The van der Waals surface area contributed by atoms with Gasteiger partial charge in [-0.15, -0.1) is 0 Å². The summed E-state index contributed by atoms with van der Waals surface area (Å²) in [5.74, 6) is 0.797. The lowest BCUT2D eigenvalue weighted by Crippen LogP contribution is -2.38. The molecule has 0 spiro atoms. The minimum Gasteiger partial charge on any atom is -0.307 e. The number of halogens is 1. The lowest BCUT2D eigenvalue weighted by molar-refractivity contribution is 0.263. The van der Waals surface area contributed by atoms with Gasteiger partial charge < -0.3 is 5.32 Å². The summed E-state index contributed by atoms with van der Waals surface area (Å²) in [6.07, 6.45) is 5.43. The molecule has 1 aliphatic carbocycles. The van der Waals surface area contributed by atoms with Crippen LogP contribution in [-0.2, 0) is 0 Å². The molecule has 3 unspecified atom stereocenters. The van der Waals surface area contributed by atoms with Crippen LogP contribution in [0.2, 0.25) is 5.02 Å². The maximum absolute atomic E-state index is 6.03. The van der Waals surface area contributed by atoms with Crippen LogP contribution in [0.15, 0.2) is 24.3 Å². The fourth-order valence-electron chi connectivity index (χ4n) is 2.76. The fourth-order valence-corrected chi connectivity index (χ4v) is 2.96. The van der Waals surface area contributed by atoms with Crippen LogP contribution in [0, 0.1) is 5.92 Å². The van der Waals surface area contributed by atoms with Crippen LogP contribution in [-0.4, -0.2) is 6.04 Å². The number of hydrogen-bond acceptors (Lipinski definition) is 1. The monoisotopic (exact) mass is 251 g/mol. The quantitative estimate of drug-likeness (QED) is 0.830. The van der Waals surface area contributed by atoms with Crippen LogP contribution < -0.4 is 5.32 Å². The van der Waals surface area contributed by atoms with E-state index in [9.17, 15) is 0 Å². The number of hydrogen-bond donors (Lipinski definition) is 1. The third-order valence-corrected chi connectivity index (χ3v) is 4.16. The predicted octanol–water partition coefficient (Wildman–Crippen LogP) is 4.57. The minimum absolute atomic E-state index is 0.388. The first-order valence-corrected chi connectivity index (χ1v) is 7.06. The standard InChI is InChI=1S/C15H22ClN/c1-11-6-3-4-9-15(11)17-12(2)13-7-5-8-14(16)10-13/h5,7-8,10-12,15,17H,3-4,6,9H2,1-2H3. The van der Waals surface area contributed by atoms with E-state index in [1.54, 1.807) is 0 Å². The first-order valence-electron chi connectivity index (χ1n) is 6.68. The summed E-state index contributed by atoms with van der Waals surface area (Å²) in [6.45, 7) is 4.59. The molecule has 0 amide bonds. The normalized spacial score (nSPS) is 26.8. The molecule has 1 fully saturated rings. The first kappa shape index (κ1) is 12.9. The van der Waals surface area contributed by atoms with Crippen LogP contribution in [0.4, 0.5) is 0 Å². The molecule has 94 valence electrons. The van der Waals surface area contributed by atoms with Gasteiger partial charge in [0, 0.05) is 17.1 Å². The highest BCUT2D eigenvalue weighted by Crippen LogP contribution is 2.26. The molecule has 0 radical (unpaired) electrons. The second-order valence-corrected chi connectivity index (χ2v) is 5.75. The summed E-state index contributed by atoms with van der Waals surface area (Å²) < 4.78 is 0. The maximum Gasteiger partial charge on any atom is 0.0409 e. The molecule has 17 heavy (non-hydrogen) atoms. The van der Waals surface area contributed by atoms with E-state index >= 15 is 0 Å². The molecule has 2 rings (SSSR count). The van der Waals surface area contributed by atoms with Crippen molar-refractivity contribution in [1.82, 2.24) is 5.32 Å². The van der Waals surface area contributed by atoms with Gasteiger partial charge in [0.15, 0.2) is 0 Å². The van der Waals surface area contributed by atoms with E-state index < -0.39 is 0 Å². The molecule has 0 aromatic heterocycles. The lowest BCUT2D eigenvalue weighted by Gasteiger charge is -2.32. The Morgan fingerprint density at radius 3 is 2.76 bits per heavy atom. The first-order chi connectivity index (χ1) is 8.16. The van der Waals surface area contributed by atoms with Crippen LogP contribution >= 0.6 is 11.6 Å². The van der Waals surface area contributed by atoms with Crippen molar-refractivity contribution in [3.8, 4) is 0 Å². The second-order valence-electron chi connectivity index (χ2n) is 5.31. The van der Waals surface area contributed by atoms with Crippen molar-refractivity contribution in [1.29, 1.82) is 0 Å². The van der Waals surface area contributed by atoms with E-state index in [0.29, 0.717) is 12.1 Å². The van der Waals surface area contributed by atoms with Gasteiger partial charge in [-0.2, -0.15) is 0 Å². The Morgan fingerprint density at radius 1 is 1.29 bits per heavy atom. The summed E-state index contributed by atoms with van der Waals surface area (Å²) in [5.41, 5.74) is 1.29. The molecule has 1 N–H and O–H groups in total. The van der Waals surface area contributed by atoms with E-state index in [4.69, 9.17) is 11.6 Å². The van der Waals surface area contributed by atoms with Crippen LogP contribution in [0.25, 0.3) is 0 Å². The molecular weight excluding hydrogens is 230 g/mol. The number of nitrogens with one attached hydrogen (secondary N) is 1. The van der Waals surface area contributed by atoms with Crippen molar-refractivity contribution in [3.05, 3.63) is 34.9 Å². The predicted molar refractivity (Wildman–Crippen MR) is 74.4 cm³/mol. The zero-order valence-corrected chi connectivity index (χ0v) is 11.5. The minimum atomic E-state index is 0.388. The highest BCUT2D eigenvalue weighted by atomic mass is 35.5. The van der Waals surface area contributed by atoms with Crippen molar-refractivity contribution in [2.24, 2.45) is 5.92 Å². The third-order valence-electron chi connectivity index (χ3n) is 3.92. The fraction of sp³-hybridized carbons (Fsp3) is 0.600. The maximum atomic E-state index is 6.03. The largest absolute Gasteiger partial charge is 0.307 e. The highest BCUT2D eigenvalue weighted by Gasteiger charge is 2.22. The van der Waals surface area contributed by atoms with Crippen LogP contribution in [0.3, 0.4) is 0 Å². The molecule has 3 atom stereocenters. The molecule has 1 aliphatic rings. The van der Waals surface area contributed by atoms with Crippen molar-refractivity contribution in [2.45, 2.75) is 51.6 Å². The lowest BCUT2D eigenvalue weighted by atomic mass is 9.85. The molecule has 1 aromatic carbocycles. The zero-order chi connectivity index (χ0) is 12.3. The summed E-state index contributed by atoms with van der Waals surface area (Å²) in [4.78, 5) is 0. The summed E-state index contributed by atoms with van der Waals surface area (Å²) in [7, 11) is 0. The summed E-state index contributed by atoms with van der Waals surface area (Å²) in [5, 5.41) is 4.58. The number of rotatable bonds is 3. The van der Waals surface area contributed by atoms with Gasteiger partial charge in [-0.25, -0.2) is 0 Å². The molecule has 2 heteroatoms. The smallest absolute Gasteiger partial charge is 0.0409 e. The van der Waals surface area contributed by atoms with E-state index in [0.717, 1.165) is 10.9 Å². The average Bonchev–Trinajstić information content (AvgIpc) is 2.32. The molecule has 0 bridgehead atoms. The topological polar surface area (TPSA) is 12.0 Å². The Bertz CT molecular complexity index is 364. The van der Waals surface area contributed by atoms with Gasteiger partial charge in [-0.1, -0.05) is 43.5 Å². The van der Waals surface area contributed by atoms with Gasteiger partial charge in [0.2, 0.25) is 0 Å². The van der Waals surface area contributed by atoms with Crippen LogP contribution in [0.5, 0.6) is 0 Å². The van der Waals surface area contributed by atoms with Gasteiger partial charge in [-0.3, -0.25) is 0 Å². The molecular formula is C15H22ClN. The average molecular weight is 252 g/mol. The van der Waals surface area contributed by atoms with Gasteiger partial charge in [0.05, 0.1) is 0 Å². The van der Waals surface area contributed by atoms with Crippen molar-refractivity contribution >= 4 is 11.6 Å². The highest BCUT2D eigenvalue weighted by molar-refractivity contribution is 6.30. The number of benzene rings is 1. The second kappa shape index (κ2) is 5.88. The van der Waals surface area contributed by atoms with E-state index in [1.807, 2.05) is 12.1 Å². The molecule has 0 saturated heterocycles. The van der Waals surface area contributed by atoms with Gasteiger partial charge >= 0.3 is 0 Å². The van der Waals surface area contributed by atoms with Crippen molar-refractivity contribution in [3.63, 3.8) is 0 Å². The van der Waals surface area contributed by atoms with Gasteiger partial charge in [0.25, 0.3) is 0 Å². The molecule has 0 aliphatic heterocycles. The van der Waals surface area contributed by atoms with Gasteiger partial charge in [-0.05, 0) is 43.4 Å². The van der Waals surface area contributed by atoms with E-state index in [2.05, 4.69) is 31.3 Å². The SMILES string of the molecule is CC(NC1CCCCC1C)c1cccc(Cl)c1. The third kappa shape index (κ3) is 3.46. The Hall–Kier alpha value is -0.530. The molecule has 1 saturated carbocycles. The molecule has 1 aromatic rings. The van der Waals surface area contributed by atoms with Crippen molar-refractivity contribution < 1.29 is 0 Å². The Labute approximate surface area is 110 Å². The van der Waals surface area contributed by atoms with Crippen LogP contribution in [0.1, 0.15) is 51.1 Å². The van der Waals surface area contributed by atoms with E-state index in [-0.39, 0.29) is 0 Å². The van der Waals surface area contributed by atoms with Crippen molar-refractivity contribution in [2.75, 3.05) is 0 Å². The van der Waals surface area contributed by atoms with E-state index in [1.165, 1.54) is 31.2 Å². The summed E-state index contributed by atoms with van der Waals surface area (Å²) in [6, 6.07) is 9.22. The molecule has 1 nitrogen and oxygen atoms in total. The van der Waals surface area contributed by atoms with Gasteiger partial charge in [0.1, 0.15) is 0 Å². The molecule has 0 heterocycles. The Kier molecular flexibility index (Phi) is 4.47.